The number of nitrogens with zero attached hydrogens (tertiary/aromatic N) is 1. The highest BCUT2D eigenvalue weighted by atomic mass is 35.5. The van der Waals surface area contributed by atoms with Gasteiger partial charge in [0.05, 0.1) is 11.5 Å². The maximum absolute atomic E-state index is 10.9. The Morgan fingerprint density at radius 2 is 2.33 bits per heavy atom. The summed E-state index contributed by atoms with van der Waals surface area (Å²) in [5.74, 6) is 0.823. The van der Waals surface area contributed by atoms with E-state index < -0.39 is 4.92 Å². The van der Waals surface area contributed by atoms with E-state index in [4.69, 9.17) is 4.74 Å². The van der Waals surface area contributed by atoms with Gasteiger partial charge in [-0.2, -0.15) is 0 Å². The molecule has 1 saturated heterocycles. The van der Waals surface area contributed by atoms with Crippen molar-refractivity contribution in [1.82, 2.24) is 5.32 Å². The zero-order valence-corrected chi connectivity index (χ0v) is 11.0. The third kappa shape index (κ3) is 3.58. The lowest BCUT2D eigenvalue weighted by Gasteiger charge is -2.11. The molecule has 1 heterocycles. The number of nitrogens with one attached hydrogen (secondary N) is 1. The first kappa shape index (κ1) is 14.7. The molecule has 1 N–H and O–H groups in total. The summed E-state index contributed by atoms with van der Waals surface area (Å²) < 4.78 is 5.56. The smallest absolute Gasteiger partial charge is 0.311 e. The van der Waals surface area contributed by atoms with Gasteiger partial charge in [0.25, 0.3) is 0 Å². The molecule has 1 aliphatic heterocycles. The van der Waals surface area contributed by atoms with Gasteiger partial charge in [0.2, 0.25) is 0 Å². The number of hydrogen-bond acceptors (Lipinski definition) is 4. The van der Waals surface area contributed by atoms with Gasteiger partial charge in [-0.15, -0.1) is 12.4 Å². The molecular weight excluding hydrogens is 256 g/mol. The van der Waals surface area contributed by atoms with E-state index in [0.717, 1.165) is 25.1 Å². The van der Waals surface area contributed by atoms with Gasteiger partial charge in [-0.25, -0.2) is 0 Å². The highest BCUT2D eigenvalue weighted by Crippen LogP contribution is 2.28. The van der Waals surface area contributed by atoms with Crippen molar-refractivity contribution in [3.05, 3.63) is 33.9 Å². The summed E-state index contributed by atoms with van der Waals surface area (Å²) in [4.78, 5) is 10.5. The van der Waals surface area contributed by atoms with Gasteiger partial charge in [0.15, 0.2) is 5.75 Å². The highest BCUT2D eigenvalue weighted by Gasteiger charge is 2.19. The van der Waals surface area contributed by atoms with E-state index in [1.807, 2.05) is 13.0 Å². The normalized spacial score (nSPS) is 18.2. The quantitative estimate of drug-likeness (QED) is 0.675. The lowest BCUT2D eigenvalue weighted by molar-refractivity contribution is -0.385. The number of rotatable bonds is 4. The van der Waals surface area contributed by atoms with Crippen LogP contribution in [0.2, 0.25) is 0 Å². The summed E-state index contributed by atoms with van der Waals surface area (Å²) in [6.07, 6.45) is 1.07. The predicted octanol–water partition coefficient (Wildman–Crippen LogP) is 2.31. The van der Waals surface area contributed by atoms with Crippen molar-refractivity contribution in [2.45, 2.75) is 13.3 Å². The first-order chi connectivity index (χ1) is 8.16. The molecule has 100 valence electrons. The summed E-state index contributed by atoms with van der Waals surface area (Å²) in [6.45, 7) is 4.30. The van der Waals surface area contributed by atoms with Crippen LogP contribution in [0.3, 0.4) is 0 Å². The number of nitro benzene ring substituents is 1. The molecule has 0 saturated carbocycles. The molecule has 1 fully saturated rings. The van der Waals surface area contributed by atoms with Crippen molar-refractivity contribution in [3.63, 3.8) is 0 Å². The van der Waals surface area contributed by atoms with Crippen LogP contribution in [0.1, 0.15) is 12.0 Å². The number of halogens is 1. The molecule has 1 aliphatic rings. The Morgan fingerprint density at radius 3 is 2.94 bits per heavy atom. The zero-order valence-electron chi connectivity index (χ0n) is 10.2. The van der Waals surface area contributed by atoms with Gasteiger partial charge in [0.1, 0.15) is 0 Å². The molecule has 18 heavy (non-hydrogen) atoms. The number of hydrogen-bond donors (Lipinski definition) is 1. The number of ether oxygens (including phenoxy) is 1. The molecule has 1 aromatic carbocycles. The number of benzene rings is 1. The van der Waals surface area contributed by atoms with E-state index in [9.17, 15) is 10.1 Å². The molecule has 1 aromatic rings. The maximum atomic E-state index is 10.9. The average Bonchev–Trinajstić information content (AvgIpc) is 2.80. The van der Waals surface area contributed by atoms with Crippen molar-refractivity contribution < 1.29 is 9.66 Å². The summed E-state index contributed by atoms with van der Waals surface area (Å²) in [5, 5.41) is 14.1. The summed E-state index contributed by atoms with van der Waals surface area (Å²) in [5.41, 5.74) is 0.919. The second kappa shape index (κ2) is 6.56. The maximum Gasteiger partial charge on any atom is 0.311 e. The summed E-state index contributed by atoms with van der Waals surface area (Å²) in [7, 11) is 0. The van der Waals surface area contributed by atoms with Gasteiger partial charge in [-0.3, -0.25) is 10.1 Å². The van der Waals surface area contributed by atoms with Crippen molar-refractivity contribution in [3.8, 4) is 5.75 Å². The van der Waals surface area contributed by atoms with E-state index >= 15 is 0 Å². The third-order valence-electron chi connectivity index (χ3n) is 2.95. The molecule has 2 rings (SSSR count). The number of aryl methyl sites for hydroxylation is 1. The van der Waals surface area contributed by atoms with Crippen molar-refractivity contribution in [2.75, 3.05) is 19.7 Å². The molecule has 0 spiro atoms. The minimum absolute atomic E-state index is 0. The predicted molar refractivity (Wildman–Crippen MR) is 71.6 cm³/mol. The monoisotopic (exact) mass is 272 g/mol. The standard InChI is InChI=1S/C12H16N2O3.ClH/c1-9-2-3-12(11(6-9)14(15)16)17-8-10-4-5-13-7-10;/h2-3,6,10,13H,4-5,7-8H2,1H3;1H. The van der Waals surface area contributed by atoms with E-state index in [0.29, 0.717) is 18.3 Å². The molecule has 1 atom stereocenters. The van der Waals surface area contributed by atoms with Crippen molar-refractivity contribution in [1.29, 1.82) is 0 Å². The fourth-order valence-electron chi connectivity index (χ4n) is 1.96. The van der Waals surface area contributed by atoms with E-state index in [-0.39, 0.29) is 18.1 Å². The molecule has 0 amide bonds. The van der Waals surface area contributed by atoms with Crippen LogP contribution in [-0.4, -0.2) is 24.6 Å². The minimum Gasteiger partial charge on any atom is -0.486 e. The molecule has 1 unspecified atom stereocenters. The third-order valence-corrected chi connectivity index (χ3v) is 2.95. The molecular formula is C12H17ClN2O3. The van der Waals surface area contributed by atoms with Crippen LogP contribution in [0, 0.1) is 23.0 Å². The van der Waals surface area contributed by atoms with Crippen LogP contribution >= 0.6 is 12.4 Å². The highest BCUT2D eigenvalue weighted by molar-refractivity contribution is 5.85. The van der Waals surface area contributed by atoms with Crippen LogP contribution in [0.4, 0.5) is 5.69 Å². The van der Waals surface area contributed by atoms with Crippen LogP contribution in [0.5, 0.6) is 5.75 Å². The molecule has 0 bridgehead atoms. The Morgan fingerprint density at radius 1 is 1.56 bits per heavy atom. The Hall–Kier alpha value is -1.33. The topological polar surface area (TPSA) is 64.4 Å². The average molecular weight is 273 g/mol. The molecule has 0 aliphatic carbocycles. The van der Waals surface area contributed by atoms with Gasteiger partial charge in [-0.05, 0) is 31.5 Å². The van der Waals surface area contributed by atoms with Gasteiger partial charge < -0.3 is 10.1 Å². The first-order valence-corrected chi connectivity index (χ1v) is 5.75. The molecule has 0 aromatic heterocycles. The van der Waals surface area contributed by atoms with Crippen molar-refractivity contribution >= 4 is 18.1 Å². The Kier molecular flexibility index (Phi) is 5.37. The van der Waals surface area contributed by atoms with Gasteiger partial charge in [-0.1, -0.05) is 6.07 Å². The Labute approximate surface area is 112 Å². The van der Waals surface area contributed by atoms with Crippen LogP contribution < -0.4 is 10.1 Å². The molecule has 5 nitrogen and oxygen atoms in total. The molecule has 6 heteroatoms. The van der Waals surface area contributed by atoms with Crippen LogP contribution in [0.25, 0.3) is 0 Å². The van der Waals surface area contributed by atoms with Gasteiger partial charge in [0, 0.05) is 18.5 Å². The largest absolute Gasteiger partial charge is 0.486 e. The van der Waals surface area contributed by atoms with Crippen LogP contribution in [-0.2, 0) is 0 Å². The molecule has 0 radical (unpaired) electrons. The number of nitro groups is 1. The Bertz CT molecular complexity index is 420. The SMILES string of the molecule is Cc1ccc(OCC2CCNC2)c([N+](=O)[O-])c1.Cl. The lowest BCUT2D eigenvalue weighted by Crippen LogP contribution is -2.15. The lowest BCUT2D eigenvalue weighted by atomic mass is 10.1. The van der Waals surface area contributed by atoms with Gasteiger partial charge >= 0.3 is 5.69 Å². The zero-order chi connectivity index (χ0) is 12.3. The Balaban J connectivity index is 0.00000162. The first-order valence-electron chi connectivity index (χ1n) is 5.75. The fourth-order valence-corrected chi connectivity index (χ4v) is 1.96. The van der Waals surface area contributed by atoms with E-state index in [1.54, 1.807) is 12.1 Å². The fraction of sp³-hybridized carbons (Fsp3) is 0.500. The van der Waals surface area contributed by atoms with E-state index in [1.165, 1.54) is 0 Å². The van der Waals surface area contributed by atoms with Crippen LogP contribution in [0.15, 0.2) is 18.2 Å². The second-order valence-corrected chi connectivity index (χ2v) is 4.40. The summed E-state index contributed by atoms with van der Waals surface area (Å²) in [6, 6.07) is 5.05. The minimum atomic E-state index is -0.394. The van der Waals surface area contributed by atoms with E-state index in [2.05, 4.69) is 5.32 Å². The summed E-state index contributed by atoms with van der Waals surface area (Å²) >= 11 is 0. The van der Waals surface area contributed by atoms with Crippen molar-refractivity contribution in [2.24, 2.45) is 5.92 Å². The second-order valence-electron chi connectivity index (χ2n) is 4.40.